The molecule has 16 heavy (non-hydrogen) atoms. The molecule has 1 rings (SSSR count). The van der Waals surface area contributed by atoms with Gasteiger partial charge in [-0.1, -0.05) is 11.8 Å². The third kappa shape index (κ3) is 4.57. The Labute approximate surface area is 102 Å². The molecule has 0 fully saturated rings. The van der Waals surface area contributed by atoms with Gasteiger partial charge < -0.3 is 9.47 Å². The summed E-state index contributed by atoms with van der Waals surface area (Å²) in [5, 5.41) is 0. The average Bonchev–Trinajstić information content (AvgIpc) is 2.28. The number of hydrogen-bond donors (Lipinski definition) is 0. The molecule has 0 aliphatic rings. The quantitative estimate of drug-likeness (QED) is 0.593. The van der Waals surface area contributed by atoms with Crippen LogP contribution in [-0.4, -0.2) is 25.7 Å². The van der Waals surface area contributed by atoms with Gasteiger partial charge >= 0.3 is 0 Å². The fourth-order valence-electron chi connectivity index (χ4n) is 1.25. The van der Waals surface area contributed by atoms with E-state index in [2.05, 4.69) is 11.8 Å². The van der Waals surface area contributed by atoms with Gasteiger partial charge in [0.2, 0.25) is 0 Å². The average molecular weight is 239 g/mol. The van der Waals surface area contributed by atoms with Crippen molar-refractivity contribution in [1.82, 2.24) is 0 Å². The highest BCUT2D eigenvalue weighted by Gasteiger charge is 2.02. The van der Waals surface area contributed by atoms with Gasteiger partial charge in [-0.25, -0.2) is 0 Å². The Morgan fingerprint density at radius 3 is 2.56 bits per heavy atom. The van der Waals surface area contributed by atoms with E-state index in [1.54, 1.807) is 7.11 Å². The van der Waals surface area contributed by atoms with Crippen LogP contribution in [-0.2, 0) is 4.74 Å². The Kier molecular flexibility index (Phi) is 5.77. The van der Waals surface area contributed by atoms with Crippen molar-refractivity contribution in [3.05, 3.63) is 29.8 Å². The van der Waals surface area contributed by atoms with Gasteiger partial charge in [0.25, 0.3) is 0 Å². The molecular weight excluding hydrogens is 224 g/mol. The molecule has 0 heterocycles. The molecule has 1 aromatic carbocycles. The minimum atomic E-state index is 0.0461. The largest absolute Gasteiger partial charge is 0.488 e. The SMILES string of the molecule is COCC(C)Oc1ccc(C#CCCl)cc1. The summed E-state index contributed by atoms with van der Waals surface area (Å²) in [6.07, 6.45) is 0.0461. The molecule has 0 aliphatic carbocycles. The molecule has 0 saturated carbocycles. The van der Waals surface area contributed by atoms with Crippen molar-refractivity contribution in [3.8, 4) is 17.6 Å². The number of rotatable bonds is 4. The highest BCUT2D eigenvalue weighted by Crippen LogP contribution is 2.13. The number of ether oxygens (including phenoxy) is 2. The van der Waals surface area contributed by atoms with Gasteiger partial charge in [-0.05, 0) is 31.2 Å². The molecule has 0 radical (unpaired) electrons. The van der Waals surface area contributed by atoms with E-state index in [1.807, 2.05) is 31.2 Å². The Morgan fingerprint density at radius 2 is 2.00 bits per heavy atom. The Balaban J connectivity index is 2.57. The molecule has 0 amide bonds. The molecule has 1 unspecified atom stereocenters. The van der Waals surface area contributed by atoms with Crippen LogP contribution < -0.4 is 4.74 Å². The second-order valence-corrected chi connectivity index (χ2v) is 3.61. The van der Waals surface area contributed by atoms with Crippen molar-refractivity contribution >= 4 is 11.6 Å². The Hall–Kier alpha value is -1.17. The summed E-state index contributed by atoms with van der Waals surface area (Å²) >= 11 is 5.47. The molecule has 2 nitrogen and oxygen atoms in total. The fourth-order valence-corrected chi connectivity index (χ4v) is 1.32. The lowest BCUT2D eigenvalue weighted by Gasteiger charge is -2.13. The highest BCUT2D eigenvalue weighted by molar-refractivity contribution is 6.19. The number of benzene rings is 1. The van der Waals surface area contributed by atoms with Gasteiger partial charge in [-0.2, -0.15) is 0 Å². The summed E-state index contributed by atoms with van der Waals surface area (Å²) in [5.74, 6) is 6.91. The zero-order valence-electron chi connectivity index (χ0n) is 9.50. The monoisotopic (exact) mass is 238 g/mol. The van der Waals surface area contributed by atoms with Crippen LogP contribution in [0.5, 0.6) is 5.75 Å². The van der Waals surface area contributed by atoms with Crippen LogP contribution in [0.4, 0.5) is 0 Å². The van der Waals surface area contributed by atoms with Gasteiger partial charge in [0.05, 0.1) is 12.5 Å². The number of methoxy groups -OCH3 is 1. The van der Waals surface area contributed by atoms with Crippen molar-refractivity contribution in [3.63, 3.8) is 0 Å². The van der Waals surface area contributed by atoms with Crippen LogP contribution in [0.25, 0.3) is 0 Å². The maximum absolute atomic E-state index is 5.61. The first-order chi connectivity index (χ1) is 7.76. The number of hydrogen-bond acceptors (Lipinski definition) is 2. The van der Waals surface area contributed by atoms with E-state index in [9.17, 15) is 0 Å². The molecular formula is C13H15ClO2. The number of alkyl halides is 1. The molecule has 0 aliphatic heterocycles. The van der Waals surface area contributed by atoms with E-state index in [-0.39, 0.29) is 6.10 Å². The topological polar surface area (TPSA) is 18.5 Å². The maximum Gasteiger partial charge on any atom is 0.119 e. The number of halogens is 1. The second-order valence-electron chi connectivity index (χ2n) is 3.34. The van der Waals surface area contributed by atoms with Crippen LogP contribution in [0.3, 0.4) is 0 Å². The van der Waals surface area contributed by atoms with Gasteiger partial charge in [0.15, 0.2) is 0 Å². The first kappa shape index (κ1) is 12.9. The normalized spacial score (nSPS) is 11.4. The van der Waals surface area contributed by atoms with Crippen molar-refractivity contribution in [2.24, 2.45) is 0 Å². The predicted octanol–water partition coefficient (Wildman–Crippen LogP) is 2.69. The van der Waals surface area contributed by atoms with E-state index in [4.69, 9.17) is 21.1 Å². The molecule has 0 saturated heterocycles. The lowest BCUT2D eigenvalue weighted by atomic mass is 10.2. The first-order valence-electron chi connectivity index (χ1n) is 5.06. The Bertz CT molecular complexity index is 362. The van der Waals surface area contributed by atoms with E-state index in [0.717, 1.165) is 11.3 Å². The third-order valence-electron chi connectivity index (χ3n) is 1.89. The zero-order valence-corrected chi connectivity index (χ0v) is 10.3. The van der Waals surface area contributed by atoms with E-state index < -0.39 is 0 Å². The van der Waals surface area contributed by atoms with Gasteiger partial charge in [-0.15, -0.1) is 11.6 Å². The summed E-state index contributed by atoms with van der Waals surface area (Å²) in [5.41, 5.74) is 0.937. The van der Waals surface area contributed by atoms with E-state index in [0.29, 0.717) is 12.5 Å². The smallest absolute Gasteiger partial charge is 0.119 e. The lowest BCUT2D eigenvalue weighted by molar-refractivity contribution is 0.0921. The molecule has 0 N–H and O–H groups in total. The van der Waals surface area contributed by atoms with Crippen LogP contribution in [0.2, 0.25) is 0 Å². The third-order valence-corrected chi connectivity index (χ3v) is 2.03. The summed E-state index contributed by atoms with van der Waals surface area (Å²) in [7, 11) is 1.66. The van der Waals surface area contributed by atoms with E-state index >= 15 is 0 Å². The molecule has 0 bridgehead atoms. The molecule has 1 aromatic rings. The van der Waals surface area contributed by atoms with Crippen LogP contribution in [0.15, 0.2) is 24.3 Å². The summed E-state index contributed by atoms with van der Waals surface area (Å²) in [6.45, 7) is 2.54. The molecule has 0 spiro atoms. The molecule has 0 aromatic heterocycles. The summed E-state index contributed by atoms with van der Waals surface area (Å²) < 4.78 is 10.6. The van der Waals surface area contributed by atoms with Crippen LogP contribution >= 0.6 is 11.6 Å². The summed E-state index contributed by atoms with van der Waals surface area (Å²) in [6, 6.07) is 7.61. The zero-order chi connectivity index (χ0) is 11.8. The molecule has 1 atom stereocenters. The highest BCUT2D eigenvalue weighted by atomic mass is 35.5. The fraction of sp³-hybridized carbons (Fsp3) is 0.385. The van der Waals surface area contributed by atoms with Gasteiger partial charge in [-0.3, -0.25) is 0 Å². The minimum Gasteiger partial charge on any atom is -0.488 e. The molecule has 86 valence electrons. The van der Waals surface area contributed by atoms with Crippen molar-refractivity contribution in [2.45, 2.75) is 13.0 Å². The Morgan fingerprint density at radius 1 is 1.31 bits per heavy atom. The molecule has 3 heteroatoms. The van der Waals surface area contributed by atoms with Crippen molar-refractivity contribution in [1.29, 1.82) is 0 Å². The standard InChI is InChI=1S/C13H15ClO2/c1-11(10-15-2)16-13-7-5-12(6-8-13)4-3-9-14/h5-8,11H,9-10H2,1-2H3. The van der Waals surface area contributed by atoms with Gasteiger partial charge in [0.1, 0.15) is 11.9 Å². The van der Waals surface area contributed by atoms with Crippen LogP contribution in [0, 0.1) is 11.8 Å². The van der Waals surface area contributed by atoms with Gasteiger partial charge in [0, 0.05) is 12.7 Å². The van der Waals surface area contributed by atoms with Crippen molar-refractivity contribution in [2.75, 3.05) is 19.6 Å². The second kappa shape index (κ2) is 7.16. The first-order valence-corrected chi connectivity index (χ1v) is 5.60. The van der Waals surface area contributed by atoms with E-state index in [1.165, 1.54) is 0 Å². The van der Waals surface area contributed by atoms with Crippen molar-refractivity contribution < 1.29 is 9.47 Å². The lowest BCUT2D eigenvalue weighted by Crippen LogP contribution is -2.17. The maximum atomic E-state index is 5.61. The van der Waals surface area contributed by atoms with Crippen LogP contribution in [0.1, 0.15) is 12.5 Å². The minimum absolute atomic E-state index is 0.0461. The summed E-state index contributed by atoms with van der Waals surface area (Å²) in [4.78, 5) is 0. The predicted molar refractivity (Wildman–Crippen MR) is 66.0 cm³/mol.